The lowest BCUT2D eigenvalue weighted by Crippen LogP contribution is -2.30. The van der Waals surface area contributed by atoms with Crippen molar-refractivity contribution in [2.24, 2.45) is 0 Å². The number of allylic oxidation sites excluding steroid dienone is 6. The summed E-state index contributed by atoms with van der Waals surface area (Å²) in [6.45, 7) is 6.60. The zero-order chi connectivity index (χ0) is 44.4. The fraction of sp³-hybridized carbons (Fsp3) is 0.836. The zero-order valence-electron chi connectivity index (χ0n) is 40.7. The SMILES string of the molecule is CCCCCC=CCC=CCCCCCCCC(=O)OCC(COC(=O)CCCCCCCCCC=CCCCCCC)OC(=O)CCCCCCCCCCCCCCC. The molecule has 0 N–H and O–H groups in total. The molecule has 0 spiro atoms. The minimum Gasteiger partial charge on any atom is -0.462 e. The molecule has 0 radical (unpaired) electrons. The minimum atomic E-state index is -0.775. The first-order valence-electron chi connectivity index (χ1n) is 26.5. The van der Waals surface area contributed by atoms with Gasteiger partial charge in [-0.15, -0.1) is 0 Å². The lowest BCUT2D eigenvalue weighted by Gasteiger charge is -2.18. The predicted octanol–water partition coefficient (Wildman–Crippen LogP) is 17.3. The summed E-state index contributed by atoms with van der Waals surface area (Å²) in [5, 5.41) is 0. The first kappa shape index (κ1) is 58.6. The van der Waals surface area contributed by atoms with Crippen LogP contribution in [0.4, 0.5) is 0 Å². The van der Waals surface area contributed by atoms with E-state index in [9.17, 15) is 14.4 Å². The number of unbranched alkanes of at least 4 members (excludes halogenated alkanes) is 31. The normalized spacial score (nSPS) is 12.2. The van der Waals surface area contributed by atoms with E-state index >= 15 is 0 Å². The summed E-state index contributed by atoms with van der Waals surface area (Å²) in [6.07, 6.45) is 58.3. The molecular formula is C55H100O6. The maximum absolute atomic E-state index is 12.8. The van der Waals surface area contributed by atoms with Crippen molar-refractivity contribution >= 4 is 17.9 Å². The lowest BCUT2D eigenvalue weighted by molar-refractivity contribution is -0.167. The van der Waals surface area contributed by atoms with Crippen molar-refractivity contribution in [3.8, 4) is 0 Å². The van der Waals surface area contributed by atoms with E-state index in [1.54, 1.807) is 0 Å². The molecule has 0 aromatic heterocycles. The summed E-state index contributed by atoms with van der Waals surface area (Å²) in [5.41, 5.74) is 0. The summed E-state index contributed by atoms with van der Waals surface area (Å²) in [7, 11) is 0. The number of ether oxygens (including phenoxy) is 3. The average molecular weight is 857 g/mol. The third-order valence-corrected chi connectivity index (χ3v) is 11.6. The fourth-order valence-electron chi connectivity index (χ4n) is 7.59. The van der Waals surface area contributed by atoms with E-state index in [-0.39, 0.29) is 31.1 Å². The third kappa shape index (κ3) is 48.5. The van der Waals surface area contributed by atoms with Gasteiger partial charge in [0.25, 0.3) is 0 Å². The Labute approximate surface area is 378 Å². The number of carbonyl (C=O) groups is 3. The number of hydrogen-bond donors (Lipinski definition) is 0. The predicted molar refractivity (Wildman–Crippen MR) is 261 cm³/mol. The molecule has 0 fully saturated rings. The van der Waals surface area contributed by atoms with Gasteiger partial charge in [-0.3, -0.25) is 14.4 Å². The van der Waals surface area contributed by atoms with Crippen LogP contribution < -0.4 is 0 Å². The monoisotopic (exact) mass is 857 g/mol. The molecule has 61 heavy (non-hydrogen) atoms. The molecular weight excluding hydrogens is 757 g/mol. The second-order valence-corrected chi connectivity index (χ2v) is 17.8. The third-order valence-electron chi connectivity index (χ3n) is 11.6. The summed E-state index contributed by atoms with van der Waals surface area (Å²) in [5.74, 6) is -0.883. The molecule has 0 aliphatic carbocycles. The molecule has 0 amide bonds. The molecule has 6 nitrogen and oxygen atoms in total. The van der Waals surface area contributed by atoms with Crippen molar-refractivity contribution in [3.05, 3.63) is 36.5 Å². The first-order valence-corrected chi connectivity index (χ1v) is 26.5. The Kier molecular flexibility index (Phi) is 48.3. The van der Waals surface area contributed by atoms with Gasteiger partial charge in [0.2, 0.25) is 0 Å². The average Bonchev–Trinajstić information content (AvgIpc) is 3.26. The highest BCUT2D eigenvalue weighted by Crippen LogP contribution is 2.15. The van der Waals surface area contributed by atoms with Gasteiger partial charge >= 0.3 is 17.9 Å². The van der Waals surface area contributed by atoms with Crippen LogP contribution in [0.5, 0.6) is 0 Å². The second kappa shape index (κ2) is 50.3. The van der Waals surface area contributed by atoms with Gasteiger partial charge in [-0.05, 0) is 77.0 Å². The zero-order valence-corrected chi connectivity index (χ0v) is 40.7. The standard InChI is InChI=1S/C55H100O6/c1-4-7-10-13-16-19-22-25-27-30-32-35-38-41-44-47-53(56)59-50-52(61-55(58)49-46-43-40-37-34-29-24-21-18-15-12-9-6-3)51-60-54(57)48-45-42-39-36-33-31-28-26-23-20-17-14-11-8-5-2/h16,19-20,23,25,27,52H,4-15,17-18,21-22,24,26,28-51H2,1-3H3. The molecule has 0 aromatic carbocycles. The Hall–Kier alpha value is -2.37. The highest BCUT2D eigenvalue weighted by molar-refractivity contribution is 5.71. The molecule has 0 saturated carbocycles. The van der Waals surface area contributed by atoms with Gasteiger partial charge in [0.15, 0.2) is 6.10 Å². The van der Waals surface area contributed by atoms with Gasteiger partial charge in [-0.1, -0.05) is 218 Å². The smallest absolute Gasteiger partial charge is 0.306 e. The van der Waals surface area contributed by atoms with Crippen LogP contribution >= 0.6 is 0 Å². The maximum atomic E-state index is 12.8. The summed E-state index contributed by atoms with van der Waals surface area (Å²) >= 11 is 0. The Morgan fingerprint density at radius 1 is 0.328 bits per heavy atom. The van der Waals surface area contributed by atoms with Crippen LogP contribution in [0.3, 0.4) is 0 Å². The fourth-order valence-corrected chi connectivity index (χ4v) is 7.59. The van der Waals surface area contributed by atoms with E-state index in [0.717, 1.165) is 77.0 Å². The van der Waals surface area contributed by atoms with E-state index < -0.39 is 6.10 Å². The highest BCUT2D eigenvalue weighted by Gasteiger charge is 2.19. The molecule has 0 rings (SSSR count). The number of rotatable bonds is 48. The van der Waals surface area contributed by atoms with Crippen LogP contribution in [0.2, 0.25) is 0 Å². The Balaban J connectivity index is 4.37. The molecule has 0 saturated heterocycles. The first-order chi connectivity index (χ1) is 30.0. The molecule has 1 unspecified atom stereocenters. The van der Waals surface area contributed by atoms with E-state index in [4.69, 9.17) is 14.2 Å². The van der Waals surface area contributed by atoms with Gasteiger partial charge in [-0.25, -0.2) is 0 Å². The molecule has 0 heterocycles. The van der Waals surface area contributed by atoms with Gasteiger partial charge in [0.05, 0.1) is 0 Å². The van der Waals surface area contributed by atoms with Crippen LogP contribution in [0.15, 0.2) is 36.5 Å². The van der Waals surface area contributed by atoms with Crippen LogP contribution in [-0.2, 0) is 28.6 Å². The van der Waals surface area contributed by atoms with E-state index in [1.807, 2.05) is 0 Å². The van der Waals surface area contributed by atoms with Crippen molar-refractivity contribution < 1.29 is 28.6 Å². The number of hydrogen-bond acceptors (Lipinski definition) is 6. The van der Waals surface area contributed by atoms with Crippen molar-refractivity contribution in [1.29, 1.82) is 0 Å². The largest absolute Gasteiger partial charge is 0.462 e. The van der Waals surface area contributed by atoms with Crippen molar-refractivity contribution in [2.75, 3.05) is 13.2 Å². The van der Waals surface area contributed by atoms with Crippen molar-refractivity contribution in [1.82, 2.24) is 0 Å². The van der Waals surface area contributed by atoms with Crippen LogP contribution in [-0.4, -0.2) is 37.2 Å². The molecule has 1 atom stereocenters. The molecule has 0 aromatic rings. The van der Waals surface area contributed by atoms with E-state index in [1.165, 1.54) is 161 Å². The van der Waals surface area contributed by atoms with Crippen molar-refractivity contribution in [3.63, 3.8) is 0 Å². The molecule has 6 heteroatoms. The van der Waals surface area contributed by atoms with E-state index in [0.29, 0.717) is 19.3 Å². The summed E-state index contributed by atoms with van der Waals surface area (Å²) in [4.78, 5) is 38.0. The van der Waals surface area contributed by atoms with Gasteiger partial charge in [0, 0.05) is 19.3 Å². The highest BCUT2D eigenvalue weighted by atomic mass is 16.6. The van der Waals surface area contributed by atoms with Crippen LogP contribution in [0, 0.1) is 0 Å². The van der Waals surface area contributed by atoms with Crippen LogP contribution in [0.25, 0.3) is 0 Å². The van der Waals surface area contributed by atoms with Gasteiger partial charge in [-0.2, -0.15) is 0 Å². The lowest BCUT2D eigenvalue weighted by atomic mass is 10.0. The van der Waals surface area contributed by atoms with E-state index in [2.05, 4.69) is 57.2 Å². The quantitative estimate of drug-likeness (QED) is 0.0262. The molecule has 0 bridgehead atoms. The number of esters is 3. The molecule has 0 aliphatic rings. The topological polar surface area (TPSA) is 78.9 Å². The van der Waals surface area contributed by atoms with Crippen LogP contribution in [0.1, 0.15) is 278 Å². The minimum absolute atomic E-state index is 0.0761. The Morgan fingerprint density at radius 3 is 0.967 bits per heavy atom. The molecule has 356 valence electrons. The van der Waals surface area contributed by atoms with Gasteiger partial charge in [0.1, 0.15) is 13.2 Å². The summed E-state index contributed by atoms with van der Waals surface area (Å²) in [6, 6.07) is 0. The summed E-state index contributed by atoms with van der Waals surface area (Å²) < 4.78 is 16.8. The second-order valence-electron chi connectivity index (χ2n) is 17.8. The van der Waals surface area contributed by atoms with Crippen molar-refractivity contribution in [2.45, 2.75) is 284 Å². The molecule has 0 aliphatic heterocycles. The number of carbonyl (C=O) groups excluding carboxylic acids is 3. The maximum Gasteiger partial charge on any atom is 0.306 e. The Morgan fingerprint density at radius 2 is 0.590 bits per heavy atom. The Bertz CT molecular complexity index is 1030. The van der Waals surface area contributed by atoms with Gasteiger partial charge < -0.3 is 14.2 Å².